The maximum absolute atomic E-state index is 5.91. The summed E-state index contributed by atoms with van der Waals surface area (Å²) in [6.07, 6.45) is 1.82. The molecule has 3 N–H and O–H groups in total. The fourth-order valence-corrected chi connectivity index (χ4v) is 2.18. The lowest BCUT2D eigenvalue weighted by molar-refractivity contribution is 0.870. The summed E-state index contributed by atoms with van der Waals surface area (Å²) in [4.78, 5) is 4.28. The van der Waals surface area contributed by atoms with E-state index >= 15 is 0 Å². The highest BCUT2D eigenvalue weighted by Gasteiger charge is 2.09. The fourth-order valence-electron chi connectivity index (χ4n) is 1.54. The topological polar surface area (TPSA) is 50.9 Å². The third-order valence-corrected chi connectivity index (χ3v) is 3.36. The Morgan fingerprint density at radius 3 is 2.94 bits per heavy atom. The molecule has 0 aliphatic heterocycles. The quantitative estimate of drug-likeness (QED) is 0.800. The summed E-state index contributed by atoms with van der Waals surface area (Å²) in [6, 6.07) is 6.17. The van der Waals surface area contributed by atoms with Crippen molar-refractivity contribution >= 4 is 22.7 Å². The van der Waals surface area contributed by atoms with E-state index in [0.717, 1.165) is 16.4 Å². The zero-order valence-electron chi connectivity index (χ0n) is 9.40. The van der Waals surface area contributed by atoms with Gasteiger partial charge in [0.1, 0.15) is 5.01 Å². The Morgan fingerprint density at radius 1 is 1.44 bits per heavy atom. The average Bonchev–Trinajstić information content (AvgIpc) is 2.76. The summed E-state index contributed by atoms with van der Waals surface area (Å²) < 4.78 is 0. The molecule has 0 spiro atoms. The standard InChI is InChI=1S/C12H15N3S/c1-8-3-4-10(13)11(7-8)15-9(2)12-14-5-6-16-12/h3-7,9,15H,13H2,1-2H3. The highest BCUT2D eigenvalue weighted by Crippen LogP contribution is 2.25. The van der Waals surface area contributed by atoms with Gasteiger partial charge in [0.2, 0.25) is 0 Å². The van der Waals surface area contributed by atoms with Gasteiger partial charge in [0.15, 0.2) is 0 Å². The van der Waals surface area contributed by atoms with Gasteiger partial charge in [-0.3, -0.25) is 0 Å². The van der Waals surface area contributed by atoms with Gasteiger partial charge < -0.3 is 11.1 Å². The normalized spacial score (nSPS) is 12.4. The van der Waals surface area contributed by atoms with E-state index in [4.69, 9.17) is 5.73 Å². The Morgan fingerprint density at radius 2 is 2.25 bits per heavy atom. The Labute approximate surface area is 99.3 Å². The van der Waals surface area contributed by atoms with Crippen LogP contribution in [0, 0.1) is 6.92 Å². The van der Waals surface area contributed by atoms with E-state index in [0.29, 0.717) is 0 Å². The minimum absolute atomic E-state index is 0.184. The predicted octanol–water partition coefficient (Wildman–Crippen LogP) is 3.21. The number of nitrogen functional groups attached to an aromatic ring is 1. The van der Waals surface area contributed by atoms with Gasteiger partial charge in [-0.25, -0.2) is 4.98 Å². The summed E-state index contributed by atoms with van der Waals surface area (Å²) >= 11 is 1.65. The lowest BCUT2D eigenvalue weighted by atomic mass is 10.2. The molecule has 0 fully saturated rings. The van der Waals surface area contributed by atoms with Crippen LogP contribution in [0.5, 0.6) is 0 Å². The number of thiazole rings is 1. The molecule has 1 unspecified atom stereocenters. The molecule has 2 aromatic rings. The molecular weight excluding hydrogens is 218 g/mol. The molecular formula is C12H15N3S. The Balaban J connectivity index is 2.17. The van der Waals surface area contributed by atoms with Crippen LogP contribution in [0.4, 0.5) is 11.4 Å². The molecule has 0 bridgehead atoms. The molecule has 2 rings (SSSR count). The Bertz CT molecular complexity index is 465. The second-order valence-electron chi connectivity index (χ2n) is 3.83. The summed E-state index contributed by atoms with van der Waals surface area (Å²) in [5.74, 6) is 0. The van der Waals surface area contributed by atoms with Gasteiger partial charge >= 0.3 is 0 Å². The van der Waals surface area contributed by atoms with Crippen LogP contribution in [0.25, 0.3) is 0 Å². The minimum Gasteiger partial charge on any atom is -0.397 e. The van der Waals surface area contributed by atoms with Gasteiger partial charge in [-0.1, -0.05) is 6.07 Å². The van der Waals surface area contributed by atoms with Gasteiger partial charge in [-0.05, 0) is 31.5 Å². The first-order valence-corrected chi connectivity index (χ1v) is 6.07. The smallest absolute Gasteiger partial charge is 0.115 e. The number of benzene rings is 1. The Kier molecular flexibility index (Phi) is 3.10. The zero-order chi connectivity index (χ0) is 11.5. The molecule has 0 aliphatic carbocycles. The average molecular weight is 233 g/mol. The number of rotatable bonds is 3. The molecule has 4 heteroatoms. The molecule has 1 aromatic heterocycles. The van der Waals surface area contributed by atoms with Crippen LogP contribution in [0.3, 0.4) is 0 Å². The summed E-state index contributed by atoms with van der Waals surface area (Å²) in [6.45, 7) is 4.14. The number of nitrogens with zero attached hydrogens (tertiary/aromatic N) is 1. The SMILES string of the molecule is Cc1ccc(N)c(NC(C)c2nccs2)c1. The van der Waals surface area contributed by atoms with E-state index in [1.165, 1.54) is 5.56 Å². The predicted molar refractivity (Wildman–Crippen MR) is 69.7 cm³/mol. The first-order chi connectivity index (χ1) is 7.66. The van der Waals surface area contributed by atoms with Gasteiger partial charge in [0, 0.05) is 11.6 Å². The van der Waals surface area contributed by atoms with Crippen molar-refractivity contribution in [1.29, 1.82) is 0 Å². The van der Waals surface area contributed by atoms with Crippen molar-refractivity contribution in [3.8, 4) is 0 Å². The number of nitrogens with two attached hydrogens (primary N) is 1. The van der Waals surface area contributed by atoms with Crippen molar-refractivity contribution < 1.29 is 0 Å². The highest BCUT2D eigenvalue weighted by atomic mass is 32.1. The third-order valence-electron chi connectivity index (χ3n) is 2.40. The lowest BCUT2D eigenvalue weighted by Gasteiger charge is -2.15. The van der Waals surface area contributed by atoms with Crippen molar-refractivity contribution in [3.05, 3.63) is 40.3 Å². The number of hydrogen-bond acceptors (Lipinski definition) is 4. The van der Waals surface area contributed by atoms with Crippen LogP contribution >= 0.6 is 11.3 Å². The maximum Gasteiger partial charge on any atom is 0.115 e. The molecule has 1 heterocycles. The largest absolute Gasteiger partial charge is 0.397 e. The van der Waals surface area contributed by atoms with E-state index in [9.17, 15) is 0 Å². The van der Waals surface area contributed by atoms with Gasteiger partial charge in [-0.2, -0.15) is 0 Å². The summed E-state index contributed by atoms with van der Waals surface area (Å²) in [5, 5.41) is 6.43. The first-order valence-electron chi connectivity index (χ1n) is 5.19. The van der Waals surface area contributed by atoms with Gasteiger partial charge in [-0.15, -0.1) is 11.3 Å². The monoisotopic (exact) mass is 233 g/mol. The van der Waals surface area contributed by atoms with E-state index in [2.05, 4.69) is 30.2 Å². The lowest BCUT2D eigenvalue weighted by Crippen LogP contribution is -2.08. The molecule has 0 radical (unpaired) electrons. The number of hydrogen-bond donors (Lipinski definition) is 2. The third kappa shape index (κ3) is 2.33. The molecule has 3 nitrogen and oxygen atoms in total. The molecule has 1 aromatic carbocycles. The molecule has 0 aliphatic rings. The van der Waals surface area contributed by atoms with E-state index in [1.54, 1.807) is 11.3 Å². The number of nitrogens with one attached hydrogen (secondary N) is 1. The van der Waals surface area contributed by atoms with Crippen LogP contribution < -0.4 is 11.1 Å². The van der Waals surface area contributed by atoms with Crippen LogP contribution in [0.1, 0.15) is 23.5 Å². The first kappa shape index (κ1) is 11.0. The molecule has 0 saturated carbocycles. The van der Waals surface area contributed by atoms with E-state index in [-0.39, 0.29) is 6.04 Å². The van der Waals surface area contributed by atoms with Crippen molar-refractivity contribution in [1.82, 2.24) is 4.98 Å². The van der Waals surface area contributed by atoms with Crippen molar-refractivity contribution in [2.24, 2.45) is 0 Å². The second kappa shape index (κ2) is 4.53. The molecule has 84 valence electrons. The minimum atomic E-state index is 0.184. The summed E-state index contributed by atoms with van der Waals surface area (Å²) in [5.41, 5.74) is 8.86. The molecule has 1 atom stereocenters. The zero-order valence-corrected chi connectivity index (χ0v) is 10.2. The van der Waals surface area contributed by atoms with Crippen LogP contribution in [-0.4, -0.2) is 4.98 Å². The molecule has 16 heavy (non-hydrogen) atoms. The number of anilines is 2. The van der Waals surface area contributed by atoms with Crippen molar-refractivity contribution in [2.75, 3.05) is 11.1 Å². The van der Waals surface area contributed by atoms with Crippen LogP contribution in [0.15, 0.2) is 29.8 Å². The van der Waals surface area contributed by atoms with Crippen molar-refractivity contribution in [3.63, 3.8) is 0 Å². The second-order valence-corrected chi connectivity index (χ2v) is 4.75. The molecule has 0 saturated heterocycles. The van der Waals surface area contributed by atoms with Crippen LogP contribution in [0.2, 0.25) is 0 Å². The van der Waals surface area contributed by atoms with Gasteiger partial charge in [0.05, 0.1) is 17.4 Å². The molecule has 0 amide bonds. The van der Waals surface area contributed by atoms with Crippen LogP contribution in [-0.2, 0) is 0 Å². The van der Waals surface area contributed by atoms with E-state index < -0.39 is 0 Å². The highest BCUT2D eigenvalue weighted by molar-refractivity contribution is 7.09. The maximum atomic E-state index is 5.91. The summed E-state index contributed by atoms with van der Waals surface area (Å²) in [7, 11) is 0. The van der Waals surface area contributed by atoms with E-state index in [1.807, 2.05) is 23.7 Å². The number of aromatic nitrogens is 1. The number of aryl methyl sites for hydroxylation is 1. The Hall–Kier alpha value is -1.55. The fraction of sp³-hybridized carbons (Fsp3) is 0.250. The van der Waals surface area contributed by atoms with Crippen molar-refractivity contribution in [2.45, 2.75) is 19.9 Å². The van der Waals surface area contributed by atoms with Gasteiger partial charge in [0.25, 0.3) is 0 Å².